The van der Waals surface area contributed by atoms with Gasteiger partial charge in [-0.05, 0) is 42.3 Å². The summed E-state index contributed by atoms with van der Waals surface area (Å²) in [4.78, 5) is 20.2. The van der Waals surface area contributed by atoms with Crippen LogP contribution in [0, 0.1) is 5.92 Å². The van der Waals surface area contributed by atoms with Gasteiger partial charge in [-0.25, -0.2) is 0 Å². The highest BCUT2D eigenvalue weighted by molar-refractivity contribution is 8.00. The maximum Gasteiger partial charge on any atom is 0.184 e. The first-order chi connectivity index (χ1) is 11.7. The number of carbonyl (C=O) groups is 1. The van der Waals surface area contributed by atoms with E-state index in [1.807, 2.05) is 42.6 Å². The van der Waals surface area contributed by atoms with Crippen molar-refractivity contribution in [3.63, 3.8) is 0 Å². The van der Waals surface area contributed by atoms with Crippen LogP contribution in [0.4, 0.5) is 5.69 Å². The number of Topliss-reactive ketones (excluding diaryl/α,β-unsaturated/α-hetero) is 1. The van der Waals surface area contributed by atoms with Crippen LogP contribution in [0.25, 0.3) is 10.9 Å². The molecule has 0 amide bonds. The molecule has 1 unspecified atom stereocenters. The Balaban J connectivity index is 1.54. The third-order valence-corrected chi connectivity index (χ3v) is 5.44. The summed E-state index contributed by atoms with van der Waals surface area (Å²) < 4.78 is 7.37. The number of aromatic nitrogens is 2. The summed E-state index contributed by atoms with van der Waals surface area (Å²) in [5, 5.41) is 1.02. The largest absolute Gasteiger partial charge is 0.497 e. The molecule has 2 aromatic heterocycles. The third-order valence-electron chi connectivity index (χ3n) is 4.22. The molecule has 1 aliphatic heterocycles. The number of aromatic amines is 1. The number of nitrogens with one attached hydrogen (secondary N) is 1. The van der Waals surface area contributed by atoms with Gasteiger partial charge in [0, 0.05) is 35.5 Å². The molecule has 1 N–H and O–H groups in total. The molecule has 5 nitrogen and oxygen atoms in total. The summed E-state index contributed by atoms with van der Waals surface area (Å²) >= 11 is 1.68. The standard InChI is InChI=1S/C18H17N3O2S/c1-23-15-5-4-12-7-17(20-16(12)8-15)18(22)13-10-21(24-11-13)14-3-2-6-19-9-14/h2-9,13,20H,10-11H2,1H3. The fraction of sp³-hybridized carbons (Fsp3) is 0.222. The average molecular weight is 339 g/mol. The Bertz CT molecular complexity index is 878. The molecule has 24 heavy (non-hydrogen) atoms. The zero-order valence-corrected chi connectivity index (χ0v) is 14.0. The second kappa shape index (κ2) is 6.20. The molecule has 122 valence electrons. The van der Waals surface area contributed by atoms with E-state index in [1.165, 1.54) is 0 Å². The minimum absolute atomic E-state index is 0.0230. The van der Waals surface area contributed by atoms with E-state index in [9.17, 15) is 4.79 Å². The zero-order valence-electron chi connectivity index (χ0n) is 13.2. The van der Waals surface area contributed by atoms with Gasteiger partial charge in [0.15, 0.2) is 5.78 Å². The van der Waals surface area contributed by atoms with Gasteiger partial charge in [-0.1, -0.05) is 0 Å². The van der Waals surface area contributed by atoms with Gasteiger partial charge in [0.05, 0.1) is 30.6 Å². The van der Waals surface area contributed by atoms with Crippen LogP contribution in [-0.4, -0.2) is 35.2 Å². The van der Waals surface area contributed by atoms with E-state index in [2.05, 4.69) is 14.3 Å². The molecule has 0 aliphatic carbocycles. The number of nitrogens with zero attached hydrogens (tertiary/aromatic N) is 2. The number of rotatable bonds is 4. The molecule has 0 bridgehead atoms. The minimum atomic E-state index is -0.0230. The molecule has 3 heterocycles. The monoisotopic (exact) mass is 339 g/mol. The normalized spacial score (nSPS) is 17.4. The fourth-order valence-corrected chi connectivity index (χ4v) is 4.07. The summed E-state index contributed by atoms with van der Waals surface area (Å²) in [6.07, 6.45) is 3.58. The van der Waals surface area contributed by atoms with E-state index in [0.29, 0.717) is 12.2 Å². The van der Waals surface area contributed by atoms with Crippen molar-refractivity contribution in [1.29, 1.82) is 0 Å². The molecule has 1 fully saturated rings. The Morgan fingerprint density at radius 1 is 1.38 bits per heavy atom. The number of fused-ring (bicyclic) bond motifs is 1. The zero-order chi connectivity index (χ0) is 16.5. The van der Waals surface area contributed by atoms with Gasteiger partial charge in [0.25, 0.3) is 0 Å². The number of ketones is 1. The van der Waals surface area contributed by atoms with Crippen LogP contribution in [0.5, 0.6) is 5.75 Å². The molecule has 6 heteroatoms. The van der Waals surface area contributed by atoms with Gasteiger partial charge in [-0.2, -0.15) is 0 Å². The maximum atomic E-state index is 12.8. The van der Waals surface area contributed by atoms with Crippen LogP contribution < -0.4 is 9.04 Å². The van der Waals surface area contributed by atoms with Gasteiger partial charge >= 0.3 is 0 Å². The molecule has 1 aliphatic rings. The van der Waals surface area contributed by atoms with E-state index in [4.69, 9.17) is 4.74 Å². The number of hydrogen-bond donors (Lipinski definition) is 1. The molecule has 4 rings (SSSR count). The lowest BCUT2D eigenvalue weighted by Crippen LogP contribution is -2.22. The maximum absolute atomic E-state index is 12.8. The molecule has 0 radical (unpaired) electrons. The van der Waals surface area contributed by atoms with Gasteiger partial charge in [-0.3, -0.25) is 9.78 Å². The SMILES string of the molecule is COc1ccc2cc(C(=O)C3CSN(c4cccnc4)C3)[nH]c2c1. The summed E-state index contributed by atoms with van der Waals surface area (Å²) in [6.45, 7) is 0.702. The molecular formula is C18H17N3O2S. The van der Waals surface area contributed by atoms with Crippen molar-refractivity contribution < 1.29 is 9.53 Å². The molecule has 1 aromatic carbocycles. The predicted molar refractivity (Wildman–Crippen MR) is 96.7 cm³/mol. The van der Waals surface area contributed by atoms with Crippen LogP contribution in [0.1, 0.15) is 10.5 Å². The number of ether oxygens (including phenoxy) is 1. The van der Waals surface area contributed by atoms with Gasteiger partial charge in [0.1, 0.15) is 5.75 Å². The Kier molecular flexibility index (Phi) is 3.90. The van der Waals surface area contributed by atoms with E-state index in [1.54, 1.807) is 25.3 Å². The lowest BCUT2D eigenvalue weighted by Gasteiger charge is -2.15. The number of hydrogen-bond acceptors (Lipinski definition) is 5. The first-order valence-electron chi connectivity index (χ1n) is 7.76. The van der Waals surface area contributed by atoms with E-state index in [-0.39, 0.29) is 11.7 Å². The van der Waals surface area contributed by atoms with Crippen molar-refractivity contribution >= 4 is 34.3 Å². The quantitative estimate of drug-likeness (QED) is 0.582. The van der Waals surface area contributed by atoms with Crippen LogP contribution in [0.15, 0.2) is 48.8 Å². The highest BCUT2D eigenvalue weighted by Crippen LogP contribution is 2.33. The smallest absolute Gasteiger partial charge is 0.184 e. The molecular weight excluding hydrogens is 322 g/mol. The second-order valence-corrected chi connectivity index (χ2v) is 6.80. The van der Waals surface area contributed by atoms with Crippen LogP contribution >= 0.6 is 11.9 Å². The van der Waals surface area contributed by atoms with E-state index in [0.717, 1.165) is 28.1 Å². The molecule has 0 saturated carbocycles. The molecule has 1 saturated heterocycles. The van der Waals surface area contributed by atoms with Crippen molar-refractivity contribution in [1.82, 2.24) is 9.97 Å². The summed E-state index contributed by atoms with van der Waals surface area (Å²) in [6, 6.07) is 11.6. The Hall–Kier alpha value is -2.47. The predicted octanol–water partition coefficient (Wildman–Crippen LogP) is 3.54. The van der Waals surface area contributed by atoms with Crippen LogP contribution in [-0.2, 0) is 0 Å². The van der Waals surface area contributed by atoms with Crippen LogP contribution in [0.2, 0.25) is 0 Å². The average Bonchev–Trinajstić information content (AvgIpc) is 3.28. The summed E-state index contributed by atoms with van der Waals surface area (Å²) in [5.74, 6) is 1.70. The first-order valence-corrected chi connectivity index (χ1v) is 8.70. The molecule has 1 atom stereocenters. The Labute approximate surface area is 144 Å². The molecule has 0 spiro atoms. The number of carbonyl (C=O) groups excluding carboxylic acids is 1. The van der Waals surface area contributed by atoms with Gasteiger partial charge < -0.3 is 14.0 Å². The summed E-state index contributed by atoms with van der Waals surface area (Å²) in [5.41, 5.74) is 2.63. The van der Waals surface area contributed by atoms with Crippen molar-refractivity contribution in [3.05, 3.63) is 54.5 Å². The van der Waals surface area contributed by atoms with Gasteiger partial charge in [0.2, 0.25) is 0 Å². The molecule has 3 aromatic rings. The second-order valence-electron chi connectivity index (χ2n) is 5.77. The van der Waals surface area contributed by atoms with Crippen molar-refractivity contribution in [2.75, 3.05) is 23.7 Å². The number of benzene rings is 1. The first kappa shape index (κ1) is 15.1. The van der Waals surface area contributed by atoms with E-state index < -0.39 is 0 Å². The van der Waals surface area contributed by atoms with Crippen LogP contribution in [0.3, 0.4) is 0 Å². The topological polar surface area (TPSA) is 58.2 Å². The van der Waals surface area contributed by atoms with Crippen molar-refractivity contribution in [2.45, 2.75) is 0 Å². The number of anilines is 1. The van der Waals surface area contributed by atoms with Gasteiger partial charge in [-0.15, -0.1) is 0 Å². The Morgan fingerprint density at radius 2 is 2.29 bits per heavy atom. The number of H-pyrrole nitrogens is 1. The lowest BCUT2D eigenvalue weighted by atomic mass is 10.0. The fourth-order valence-electron chi connectivity index (χ4n) is 2.91. The summed E-state index contributed by atoms with van der Waals surface area (Å²) in [7, 11) is 1.64. The van der Waals surface area contributed by atoms with Crippen molar-refractivity contribution in [3.8, 4) is 5.75 Å². The highest BCUT2D eigenvalue weighted by Gasteiger charge is 2.31. The number of pyridine rings is 1. The number of methoxy groups -OCH3 is 1. The Morgan fingerprint density at radius 3 is 3.08 bits per heavy atom. The lowest BCUT2D eigenvalue weighted by molar-refractivity contribution is 0.0936. The van der Waals surface area contributed by atoms with E-state index >= 15 is 0 Å². The third kappa shape index (κ3) is 2.73. The highest BCUT2D eigenvalue weighted by atomic mass is 32.2. The minimum Gasteiger partial charge on any atom is -0.497 e. The van der Waals surface area contributed by atoms with Crippen molar-refractivity contribution in [2.24, 2.45) is 5.92 Å².